The van der Waals surface area contributed by atoms with Crippen molar-refractivity contribution in [2.75, 3.05) is 26.2 Å². The number of benzene rings is 1. The summed E-state index contributed by atoms with van der Waals surface area (Å²) in [4.78, 5) is 6.60. The third kappa shape index (κ3) is 6.27. The lowest BCUT2D eigenvalue weighted by molar-refractivity contribution is -0.274. The van der Waals surface area contributed by atoms with Crippen molar-refractivity contribution in [2.24, 2.45) is 16.6 Å². The Morgan fingerprint density at radius 3 is 2.67 bits per heavy atom. The minimum atomic E-state index is -4.68. The SMILES string of the molecule is CCN1CCC(CNC(N)=NCc2ccc(OC(F)(F)F)cc2)C1. The molecule has 134 valence electrons. The van der Waals surface area contributed by atoms with Gasteiger partial charge >= 0.3 is 6.36 Å². The summed E-state index contributed by atoms with van der Waals surface area (Å²) in [6, 6.07) is 5.60. The number of ether oxygens (including phenoxy) is 1. The fourth-order valence-electron chi connectivity index (χ4n) is 2.64. The maximum Gasteiger partial charge on any atom is 0.573 e. The molecular formula is C16H23F3N4O. The molecule has 1 aromatic carbocycles. The smallest absolute Gasteiger partial charge is 0.406 e. The Hall–Kier alpha value is -1.96. The largest absolute Gasteiger partial charge is 0.573 e. The number of nitrogens with two attached hydrogens (primary N) is 1. The molecule has 1 heterocycles. The van der Waals surface area contributed by atoms with Crippen LogP contribution in [0.2, 0.25) is 0 Å². The predicted octanol–water partition coefficient (Wildman–Crippen LogP) is 2.33. The van der Waals surface area contributed by atoms with E-state index in [0.717, 1.165) is 38.2 Å². The quantitative estimate of drug-likeness (QED) is 0.614. The van der Waals surface area contributed by atoms with Crippen LogP contribution in [0.25, 0.3) is 0 Å². The van der Waals surface area contributed by atoms with Crippen molar-refractivity contribution in [3.63, 3.8) is 0 Å². The summed E-state index contributed by atoms with van der Waals surface area (Å²) in [5.41, 5.74) is 6.59. The fourth-order valence-corrected chi connectivity index (χ4v) is 2.64. The number of likely N-dealkylation sites (tertiary alicyclic amines) is 1. The van der Waals surface area contributed by atoms with E-state index in [-0.39, 0.29) is 5.75 Å². The summed E-state index contributed by atoms with van der Waals surface area (Å²) >= 11 is 0. The lowest BCUT2D eigenvalue weighted by Crippen LogP contribution is -2.36. The predicted molar refractivity (Wildman–Crippen MR) is 86.7 cm³/mol. The number of aliphatic imine (C=N–C) groups is 1. The number of rotatable bonds is 6. The van der Waals surface area contributed by atoms with E-state index in [1.807, 2.05) is 0 Å². The van der Waals surface area contributed by atoms with Gasteiger partial charge in [0.25, 0.3) is 0 Å². The standard InChI is InChI=1S/C16H23F3N4O/c1-2-23-8-7-13(11-23)10-22-15(20)21-9-12-3-5-14(6-4-12)24-16(17,18)19/h3-6,13H,2,7-11H2,1H3,(H3,20,21,22). The lowest BCUT2D eigenvalue weighted by Gasteiger charge is -2.14. The highest BCUT2D eigenvalue weighted by atomic mass is 19.4. The van der Waals surface area contributed by atoms with Gasteiger partial charge in [-0.25, -0.2) is 4.99 Å². The van der Waals surface area contributed by atoms with Crippen molar-refractivity contribution in [1.82, 2.24) is 10.2 Å². The second kappa shape index (κ2) is 8.23. The molecule has 0 aliphatic carbocycles. The molecule has 0 radical (unpaired) electrons. The molecule has 3 N–H and O–H groups in total. The molecule has 1 atom stereocenters. The van der Waals surface area contributed by atoms with E-state index in [4.69, 9.17) is 5.73 Å². The first-order valence-corrected chi connectivity index (χ1v) is 7.96. The molecule has 8 heteroatoms. The van der Waals surface area contributed by atoms with E-state index in [1.165, 1.54) is 24.3 Å². The molecule has 1 saturated heterocycles. The van der Waals surface area contributed by atoms with E-state index in [2.05, 4.69) is 26.9 Å². The van der Waals surface area contributed by atoms with Crippen molar-refractivity contribution in [2.45, 2.75) is 26.3 Å². The van der Waals surface area contributed by atoms with Gasteiger partial charge in [0.2, 0.25) is 0 Å². The molecule has 0 bridgehead atoms. The molecule has 24 heavy (non-hydrogen) atoms. The Kier molecular flexibility index (Phi) is 6.30. The Morgan fingerprint density at radius 2 is 2.08 bits per heavy atom. The average molecular weight is 344 g/mol. The summed E-state index contributed by atoms with van der Waals surface area (Å²) in [7, 11) is 0. The summed E-state index contributed by atoms with van der Waals surface area (Å²) < 4.78 is 40.1. The summed E-state index contributed by atoms with van der Waals surface area (Å²) in [6.07, 6.45) is -3.53. The third-order valence-corrected chi connectivity index (χ3v) is 3.98. The normalized spacial score (nSPS) is 19.5. The highest BCUT2D eigenvalue weighted by Crippen LogP contribution is 2.22. The molecule has 0 aromatic heterocycles. The molecule has 2 rings (SSSR count). The molecule has 5 nitrogen and oxygen atoms in total. The van der Waals surface area contributed by atoms with Gasteiger partial charge in [0, 0.05) is 13.1 Å². The molecule has 0 saturated carbocycles. The van der Waals surface area contributed by atoms with E-state index in [9.17, 15) is 13.2 Å². The zero-order valence-corrected chi connectivity index (χ0v) is 13.6. The average Bonchev–Trinajstić information content (AvgIpc) is 2.99. The molecule has 0 spiro atoms. The molecule has 1 aliphatic rings. The van der Waals surface area contributed by atoms with Crippen LogP contribution in [0.1, 0.15) is 18.9 Å². The van der Waals surface area contributed by atoms with Gasteiger partial charge < -0.3 is 20.7 Å². The van der Waals surface area contributed by atoms with Gasteiger partial charge in [-0.15, -0.1) is 13.2 Å². The van der Waals surface area contributed by atoms with Gasteiger partial charge in [-0.1, -0.05) is 19.1 Å². The summed E-state index contributed by atoms with van der Waals surface area (Å²) in [5.74, 6) is 0.668. The minimum absolute atomic E-state index is 0.247. The Balaban J connectivity index is 1.75. The molecule has 0 amide bonds. The molecule has 1 aromatic rings. The van der Waals surface area contributed by atoms with Crippen molar-refractivity contribution in [3.8, 4) is 5.75 Å². The van der Waals surface area contributed by atoms with Crippen molar-refractivity contribution in [3.05, 3.63) is 29.8 Å². The third-order valence-electron chi connectivity index (χ3n) is 3.98. The van der Waals surface area contributed by atoms with Crippen LogP contribution < -0.4 is 15.8 Å². The van der Waals surface area contributed by atoms with Crippen LogP contribution in [0.3, 0.4) is 0 Å². The van der Waals surface area contributed by atoms with Crippen LogP contribution in [-0.2, 0) is 6.54 Å². The first-order chi connectivity index (χ1) is 11.4. The van der Waals surface area contributed by atoms with E-state index < -0.39 is 6.36 Å². The number of hydrogen-bond donors (Lipinski definition) is 2. The number of nitrogens with zero attached hydrogens (tertiary/aromatic N) is 2. The van der Waals surface area contributed by atoms with E-state index in [1.54, 1.807) is 0 Å². The van der Waals surface area contributed by atoms with Crippen molar-refractivity contribution >= 4 is 5.96 Å². The van der Waals surface area contributed by atoms with Crippen LogP contribution in [-0.4, -0.2) is 43.4 Å². The topological polar surface area (TPSA) is 62.9 Å². The zero-order chi connectivity index (χ0) is 17.6. The van der Waals surface area contributed by atoms with Crippen molar-refractivity contribution in [1.29, 1.82) is 0 Å². The molecular weight excluding hydrogens is 321 g/mol. The van der Waals surface area contributed by atoms with Gasteiger partial charge in [-0.3, -0.25) is 0 Å². The monoisotopic (exact) mass is 344 g/mol. The molecule has 1 aliphatic heterocycles. The van der Waals surface area contributed by atoms with Crippen LogP contribution >= 0.6 is 0 Å². The van der Waals surface area contributed by atoms with Gasteiger partial charge in [0.1, 0.15) is 5.75 Å². The van der Waals surface area contributed by atoms with Crippen LogP contribution in [0.5, 0.6) is 5.75 Å². The fraction of sp³-hybridized carbons (Fsp3) is 0.562. The van der Waals surface area contributed by atoms with Crippen LogP contribution in [0.15, 0.2) is 29.3 Å². The lowest BCUT2D eigenvalue weighted by atomic mass is 10.1. The Bertz CT molecular complexity index is 545. The molecule has 1 unspecified atom stereocenters. The maximum atomic E-state index is 12.1. The minimum Gasteiger partial charge on any atom is -0.406 e. The van der Waals surface area contributed by atoms with E-state index >= 15 is 0 Å². The number of alkyl halides is 3. The number of guanidine groups is 1. The number of halogens is 3. The maximum absolute atomic E-state index is 12.1. The van der Waals surface area contributed by atoms with E-state index in [0.29, 0.717) is 18.4 Å². The van der Waals surface area contributed by atoms with Gasteiger partial charge in [0.05, 0.1) is 6.54 Å². The highest BCUT2D eigenvalue weighted by Gasteiger charge is 2.30. The first kappa shape index (κ1) is 18.4. The summed E-state index contributed by atoms with van der Waals surface area (Å²) in [6.45, 7) is 6.48. The first-order valence-electron chi connectivity index (χ1n) is 7.96. The van der Waals surface area contributed by atoms with Crippen LogP contribution in [0.4, 0.5) is 13.2 Å². The molecule has 1 fully saturated rings. The Morgan fingerprint density at radius 1 is 1.38 bits per heavy atom. The van der Waals surface area contributed by atoms with Gasteiger partial charge in [-0.2, -0.15) is 0 Å². The van der Waals surface area contributed by atoms with Gasteiger partial charge in [0.15, 0.2) is 5.96 Å². The number of hydrogen-bond acceptors (Lipinski definition) is 3. The Labute approximate surface area is 139 Å². The second-order valence-corrected chi connectivity index (χ2v) is 5.82. The summed E-state index contributed by atoms with van der Waals surface area (Å²) in [5, 5.41) is 3.11. The second-order valence-electron chi connectivity index (χ2n) is 5.82. The van der Waals surface area contributed by atoms with Crippen molar-refractivity contribution < 1.29 is 17.9 Å². The highest BCUT2D eigenvalue weighted by molar-refractivity contribution is 5.77. The number of nitrogens with one attached hydrogen (secondary N) is 1. The van der Waals surface area contributed by atoms with Crippen LogP contribution in [0, 0.1) is 5.92 Å². The van der Waals surface area contributed by atoms with Gasteiger partial charge in [-0.05, 0) is 43.1 Å². The zero-order valence-electron chi connectivity index (χ0n) is 13.6.